The molecule has 1 aromatic carbocycles. The summed E-state index contributed by atoms with van der Waals surface area (Å²) < 4.78 is 0. The van der Waals surface area contributed by atoms with E-state index in [1.54, 1.807) is 6.92 Å². The van der Waals surface area contributed by atoms with Crippen molar-refractivity contribution in [3.63, 3.8) is 0 Å². The van der Waals surface area contributed by atoms with Gasteiger partial charge in [0.25, 0.3) is 0 Å². The van der Waals surface area contributed by atoms with Crippen molar-refractivity contribution in [1.82, 2.24) is 5.32 Å². The molecule has 82 valence electrons. The molecule has 3 heteroatoms. The van der Waals surface area contributed by atoms with Gasteiger partial charge in [-0.15, -0.1) is 0 Å². The lowest BCUT2D eigenvalue weighted by molar-refractivity contribution is -0.123. The van der Waals surface area contributed by atoms with Crippen molar-refractivity contribution in [1.29, 1.82) is 0 Å². The molecule has 0 aliphatic heterocycles. The van der Waals surface area contributed by atoms with E-state index in [0.29, 0.717) is 6.42 Å². The molecule has 0 aliphatic carbocycles. The van der Waals surface area contributed by atoms with E-state index in [0.717, 1.165) is 5.56 Å². The van der Waals surface area contributed by atoms with Gasteiger partial charge < -0.3 is 10.4 Å². The molecule has 0 radical (unpaired) electrons. The van der Waals surface area contributed by atoms with Crippen LogP contribution in [0, 0.1) is 0 Å². The topological polar surface area (TPSA) is 49.3 Å². The van der Waals surface area contributed by atoms with Gasteiger partial charge in [0.1, 0.15) is 0 Å². The van der Waals surface area contributed by atoms with Crippen LogP contribution in [-0.2, 0) is 10.3 Å². The summed E-state index contributed by atoms with van der Waals surface area (Å²) in [6, 6.07) is 9.48. The quantitative estimate of drug-likeness (QED) is 0.784. The molecule has 0 aromatic heterocycles. The van der Waals surface area contributed by atoms with Crippen LogP contribution >= 0.6 is 0 Å². The Morgan fingerprint density at radius 3 is 2.47 bits per heavy atom. The largest absolute Gasteiger partial charge is 0.394 e. The normalized spacial score (nSPS) is 14.3. The first kappa shape index (κ1) is 11.7. The van der Waals surface area contributed by atoms with Crippen LogP contribution in [0.15, 0.2) is 30.3 Å². The van der Waals surface area contributed by atoms with Crippen LogP contribution in [0.25, 0.3) is 0 Å². The summed E-state index contributed by atoms with van der Waals surface area (Å²) >= 11 is 0. The first-order valence-electron chi connectivity index (χ1n) is 5.10. The smallest absolute Gasteiger partial charge is 0.220 e. The molecular weight excluding hydrogens is 190 g/mol. The van der Waals surface area contributed by atoms with Gasteiger partial charge in [-0.05, 0) is 12.5 Å². The highest BCUT2D eigenvalue weighted by molar-refractivity contribution is 5.76. The minimum atomic E-state index is -0.686. The van der Waals surface area contributed by atoms with Crippen molar-refractivity contribution >= 4 is 5.91 Å². The molecule has 0 saturated heterocycles. The molecule has 3 nitrogen and oxygen atoms in total. The number of carbonyl (C=O) groups excluding carboxylic acids is 1. The summed E-state index contributed by atoms with van der Waals surface area (Å²) in [6.45, 7) is 3.50. The van der Waals surface area contributed by atoms with Gasteiger partial charge in [-0.1, -0.05) is 37.3 Å². The fourth-order valence-corrected chi connectivity index (χ4v) is 1.41. The number of benzene rings is 1. The lowest BCUT2D eigenvalue weighted by atomic mass is 9.93. The third kappa shape index (κ3) is 2.80. The zero-order valence-corrected chi connectivity index (χ0v) is 9.16. The standard InChI is InChI=1S/C12H17NO2/c1-3-11(15)13-12(2,9-14)10-7-5-4-6-8-10/h4-8,14H,3,9H2,1-2H3,(H,13,15). The van der Waals surface area contributed by atoms with Gasteiger partial charge >= 0.3 is 0 Å². The number of aliphatic hydroxyl groups is 1. The third-order valence-corrected chi connectivity index (χ3v) is 2.46. The average molecular weight is 207 g/mol. The maximum absolute atomic E-state index is 11.3. The van der Waals surface area contributed by atoms with E-state index in [1.807, 2.05) is 37.3 Å². The van der Waals surface area contributed by atoms with Crippen LogP contribution in [0.4, 0.5) is 0 Å². The second kappa shape index (κ2) is 4.94. The molecule has 1 unspecified atom stereocenters. The zero-order chi connectivity index (χ0) is 11.3. The fraction of sp³-hybridized carbons (Fsp3) is 0.417. The molecule has 1 aromatic rings. The van der Waals surface area contributed by atoms with Crippen molar-refractivity contribution < 1.29 is 9.90 Å². The minimum absolute atomic E-state index is 0.0598. The molecule has 0 aliphatic rings. The van der Waals surface area contributed by atoms with Crippen LogP contribution in [-0.4, -0.2) is 17.6 Å². The van der Waals surface area contributed by atoms with Crippen LogP contribution in [0.3, 0.4) is 0 Å². The summed E-state index contributed by atoms with van der Waals surface area (Å²) in [6.07, 6.45) is 0.419. The molecule has 1 rings (SSSR count). The van der Waals surface area contributed by atoms with Crippen molar-refractivity contribution in [2.75, 3.05) is 6.61 Å². The van der Waals surface area contributed by atoms with E-state index in [2.05, 4.69) is 5.32 Å². The van der Waals surface area contributed by atoms with E-state index in [-0.39, 0.29) is 12.5 Å². The number of nitrogens with one attached hydrogen (secondary N) is 1. The molecule has 0 saturated carbocycles. The Labute approximate surface area is 90.1 Å². The van der Waals surface area contributed by atoms with Crippen LogP contribution in [0.5, 0.6) is 0 Å². The highest BCUT2D eigenvalue weighted by Crippen LogP contribution is 2.19. The monoisotopic (exact) mass is 207 g/mol. The number of hydrogen-bond donors (Lipinski definition) is 2. The first-order valence-corrected chi connectivity index (χ1v) is 5.10. The van der Waals surface area contributed by atoms with E-state index in [9.17, 15) is 9.90 Å². The van der Waals surface area contributed by atoms with Crippen molar-refractivity contribution in [3.8, 4) is 0 Å². The van der Waals surface area contributed by atoms with Crippen molar-refractivity contribution in [2.24, 2.45) is 0 Å². The van der Waals surface area contributed by atoms with E-state index >= 15 is 0 Å². The third-order valence-electron chi connectivity index (χ3n) is 2.46. The average Bonchev–Trinajstić information content (AvgIpc) is 2.30. The number of amides is 1. The van der Waals surface area contributed by atoms with Gasteiger partial charge in [-0.25, -0.2) is 0 Å². The number of aliphatic hydroxyl groups excluding tert-OH is 1. The molecule has 0 bridgehead atoms. The summed E-state index contributed by atoms with van der Waals surface area (Å²) in [5.41, 5.74) is 0.225. The van der Waals surface area contributed by atoms with E-state index < -0.39 is 5.54 Å². The Morgan fingerprint density at radius 1 is 1.40 bits per heavy atom. The van der Waals surface area contributed by atoms with Crippen LogP contribution in [0.2, 0.25) is 0 Å². The van der Waals surface area contributed by atoms with Crippen LogP contribution in [0.1, 0.15) is 25.8 Å². The second-order valence-electron chi connectivity index (χ2n) is 3.76. The molecular formula is C12H17NO2. The molecule has 1 amide bonds. The fourth-order valence-electron chi connectivity index (χ4n) is 1.41. The first-order chi connectivity index (χ1) is 7.12. The Kier molecular flexibility index (Phi) is 3.86. The molecule has 0 spiro atoms. The molecule has 15 heavy (non-hydrogen) atoms. The van der Waals surface area contributed by atoms with E-state index in [1.165, 1.54) is 0 Å². The lowest BCUT2D eigenvalue weighted by Crippen LogP contribution is -2.46. The highest BCUT2D eigenvalue weighted by atomic mass is 16.3. The van der Waals surface area contributed by atoms with Crippen molar-refractivity contribution in [2.45, 2.75) is 25.8 Å². The Morgan fingerprint density at radius 2 is 2.00 bits per heavy atom. The summed E-state index contributed by atoms with van der Waals surface area (Å²) in [5, 5.41) is 12.2. The Balaban J connectivity index is 2.90. The maximum Gasteiger partial charge on any atom is 0.220 e. The van der Waals surface area contributed by atoms with Gasteiger partial charge in [0, 0.05) is 6.42 Å². The molecule has 2 N–H and O–H groups in total. The number of carbonyl (C=O) groups is 1. The molecule has 0 heterocycles. The van der Waals surface area contributed by atoms with Gasteiger partial charge in [0.15, 0.2) is 0 Å². The number of hydrogen-bond acceptors (Lipinski definition) is 2. The van der Waals surface area contributed by atoms with Gasteiger partial charge in [-0.3, -0.25) is 4.79 Å². The summed E-state index contributed by atoms with van der Waals surface area (Å²) in [4.78, 5) is 11.3. The minimum Gasteiger partial charge on any atom is -0.394 e. The number of rotatable bonds is 4. The van der Waals surface area contributed by atoms with E-state index in [4.69, 9.17) is 0 Å². The van der Waals surface area contributed by atoms with Gasteiger partial charge in [-0.2, -0.15) is 0 Å². The molecule has 1 atom stereocenters. The second-order valence-corrected chi connectivity index (χ2v) is 3.76. The zero-order valence-electron chi connectivity index (χ0n) is 9.16. The predicted octanol–water partition coefficient (Wildman–Crippen LogP) is 1.42. The Hall–Kier alpha value is -1.35. The lowest BCUT2D eigenvalue weighted by Gasteiger charge is -2.29. The predicted molar refractivity (Wildman–Crippen MR) is 59.3 cm³/mol. The van der Waals surface area contributed by atoms with Gasteiger partial charge in [0.2, 0.25) is 5.91 Å². The summed E-state index contributed by atoms with van der Waals surface area (Å²) in [5.74, 6) is -0.0598. The molecule has 0 fully saturated rings. The maximum atomic E-state index is 11.3. The van der Waals surface area contributed by atoms with Crippen molar-refractivity contribution in [3.05, 3.63) is 35.9 Å². The Bertz CT molecular complexity index is 324. The van der Waals surface area contributed by atoms with Crippen LogP contribution < -0.4 is 5.32 Å². The highest BCUT2D eigenvalue weighted by Gasteiger charge is 2.26. The summed E-state index contributed by atoms with van der Waals surface area (Å²) in [7, 11) is 0. The SMILES string of the molecule is CCC(=O)NC(C)(CO)c1ccccc1. The van der Waals surface area contributed by atoms with Gasteiger partial charge in [0.05, 0.1) is 12.1 Å².